The second-order valence-electron chi connectivity index (χ2n) is 5.08. The van der Waals surface area contributed by atoms with Crippen LogP contribution in [0.1, 0.15) is 22.3 Å². The number of rotatable bonds is 5. The van der Waals surface area contributed by atoms with Crippen LogP contribution in [0.4, 0.5) is 5.69 Å². The molecular weight excluding hydrogens is 252 g/mol. The maximum atomic E-state index is 10.9. The number of quaternary nitrogens is 1. The Hall–Kier alpha value is -2.20. The van der Waals surface area contributed by atoms with E-state index in [1.54, 1.807) is 12.1 Å². The van der Waals surface area contributed by atoms with Gasteiger partial charge in [0, 0.05) is 11.6 Å². The molecule has 0 saturated heterocycles. The molecule has 20 heavy (non-hydrogen) atoms. The molecule has 0 fully saturated rings. The third-order valence-corrected chi connectivity index (χ3v) is 3.21. The van der Waals surface area contributed by atoms with E-state index in [2.05, 4.69) is 37.4 Å². The molecule has 0 radical (unpaired) electrons. The van der Waals surface area contributed by atoms with Gasteiger partial charge < -0.3 is 5.32 Å². The lowest BCUT2D eigenvalue weighted by atomic mass is 10.1. The van der Waals surface area contributed by atoms with Gasteiger partial charge in [0.1, 0.15) is 13.1 Å². The molecule has 2 aromatic rings. The van der Waals surface area contributed by atoms with Gasteiger partial charge in [-0.1, -0.05) is 41.5 Å². The zero-order valence-electron chi connectivity index (χ0n) is 11.8. The molecule has 2 N–H and O–H groups in total. The molecule has 0 aliphatic heterocycles. The fraction of sp³-hybridized carbons (Fsp3) is 0.250. The van der Waals surface area contributed by atoms with E-state index in [9.17, 15) is 10.1 Å². The maximum absolute atomic E-state index is 10.9. The molecule has 4 heteroatoms. The van der Waals surface area contributed by atoms with Gasteiger partial charge in [0.15, 0.2) is 0 Å². The molecule has 0 atom stereocenters. The molecule has 2 rings (SSSR count). The number of para-hydroxylation sites is 1. The van der Waals surface area contributed by atoms with Crippen LogP contribution in [0.5, 0.6) is 0 Å². The number of nitrogens with zero attached hydrogens (tertiary/aromatic N) is 1. The lowest BCUT2D eigenvalue weighted by molar-refractivity contribution is -0.686. The van der Waals surface area contributed by atoms with E-state index in [0.29, 0.717) is 6.54 Å². The SMILES string of the molecule is Cc1cc(C)cc(C[NH2+]Cc2ccccc2[N+](=O)[O-])c1. The molecule has 0 spiro atoms. The van der Waals surface area contributed by atoms with Crippen molar-refractivity contribution in [2.24, 2.45) is 0 Å². The van der Waals surface area contributed by atoms with Gasteiger partial charge in [-0.2, -0.15) is 0 Å². The highest BCUT2D eigenvalue weighted by molar-refractivity contribution is 5.39. The van der Waals surface area contributed by atoms with Crippen molar-refractivity contribution in [1.82, 2.24) is 0 Å². The number of nitro groups is 1. The van der Waals surface area contributed by atoms with Crippen LogP contribution in [-0.4, -0.2) is 4.92 Å². The molecule has 0 saturated carbocycles. The quantitative estimate of drug-likeness (QED) is 0.671. The smallest absolute Gasteiger partial charge is 0.278 e. The second kappa shape index (κ2) is 6.30. The normalized spacial score (nSPS) is 10.5. The average molecular weight is 271 g/mol. The highest BCUT2D eigenvalue weighted by Gasteiger charge is 2.13. The average Bonchev–Trinajstić information content (AvgIpc) is 2.38. The minimum Gasteiger partial charge on any atom is -0.339 e. The third kappa shape index (κ3) is 3.65. The third-order valence-electron chi connectivity index (χ3n) is 3.21. The van der Waals surface area contributed by atoms with Crippen molar-refractivity contribution in [3.05, 3.63) is 74.8 Å². The van der Waals surface area contributed by atoms with Crippen molar-refractivity contribution in [2.45, 2.75) is 26.9 Å². The Kier molecular flexibility index (Phi) is 4.48. The standard InChI is InChI=1S/C16H18N2O2/c1-12-7-13(2)9-14(8-12)10-17-11-15-5-3-4-6-16(15)18(19)20/h3-9,17H,10-11H2,1-2H3/p+1. The van der Waals surface area contributed by atoms with Gasteiger partial charge in [0.05, 0.1) is 10.5 Å². The largest absolute Gasteiger partial charge is 0.339 e. The second-order valence-corrected chi connectivity index (χ2v) is 5.08. The predicted molar refractivity (Wildman–Crippen MR) is 78.3 cm³/mol. The lowest BCUT2D eigenvalue weighted by Gasteiger charge is -2.05. The van der Waals surface area contributed by atoms with Crippen LogP contribution in [0.15, 0.2) is 42.5 Å². The summed E-state index contributed by atoms with van der Waals surface area (Å²) >= 11 is 0. The van der Waals surface area contributed by atoms with Crippen molar-refractivity contribution in [1.29, 1.82) is 0 Å². The molecule has 0 bridgehead atoms. The maximum Gasteiger partial charge on any atom is 0.278 e. The summed E-state index contributed by atoms with van der Waals surface area (Å²) in [6.07, 6.45) is 0. The minimum atomic E-state index is -0.319. The van der Waals surface area contributed by atoms with Gasteiger partial charge in [-0.3, -0.25) is 10.1 Å². The summed E-state index contributed by atoms with van der Waals surface area (Å²) in [4.78, 5) is 10.6. The van der Waals surface area contributed by atoms with Crippen LogP contribution in [0.2, 0.25) is 0 Å². The van der Waals surface area contributed by atoms with Crippen molar-refractivity contribution in [3.8, 4) is 0 Å². The molecule has 4 nitrogen and oxygen atoms in total. The summed E-state index contributed by atoms with van der Waals surface area (Å²) in [7, 11) is 0. The highest BCUT2D eigenvalue weighted by Crippen LogP contribution is 2.16. The van der Waals surface area contributed by atoms with E-state index in [-0.39, 0.29) is 10.6 Å². The summed E-state index contributed by atoms with van der Waals surface area (Å²) in [5.74, 6) is 0. The summed E-state index contributed by atoms with van der Waals surface area (Å²) in [5.41, 5.74) is 4.71. The first-order valence-electron chi connectivity index (χ1n) is 6.67. The summed E-state index contributed by atoms with van der Waals surface area (Å²) in [5, 5.41) is 13.0. The number of nitro benzene ring substituents is 1. The molecule has 104 valence electrons. The van der Waals surface area contributed by atoms with Crippen LogP contribution in [0.25, 0.3) is 0 Å². The molecule has 0 unspecified atom stereocenters. The Morgan fingerprint density at radius 1 is 1.05 bits per heavy atom. The summed E-state index contributed by atoms with van der Waals surface area (Å²) in [6, 6.07) is 13.4. The number of hydrogen-bond donors (Lipinski definition) is 1. The lowest BCUT2D eigenvalue weighted by Crippen LogP contribution is -2.80. The Bertz CT molecular complexity index is 603. The summed E-state index contributed by atoms with van der Waals surface area (Å²) in [6.45, 7) is 5.61. The fourth-order valence-corrected chi connectivity index (χ4v) is 2.44. The Morgan fingerprint density at radius 3 is 2.35 bits per heavy atom. The van der Waals surface area contributed by atoms with Gasteiger partial charge in [-0.15, -0.1) is 0 Å². The predicted octanol–water partition coefficient (Wildman–Crippen LogP) is 2.48. The van der Waals surface area contributed by atoms with Crippen LogP contribution in [0.3, 0.4) is 0 Å². The first-order chi connectivity index (χ1) is 9.56. The molecule has 0 heterocycles. The van der Waals surface area contributed by atoms with Gasteiger partial charge in [0.25, 0.3) is 5.69 Å². The Labute approximate surface area is 118 Å². The van der Waals surface area contributed by atoms with E-state index in [0.717, 1.165) is 12.1 Å². The van der Waals surface area contributed by atoms with Crippen LogP contribution in [0, 0.1) is 24.0 Å². The van der Waals surface area contributed by atoms with Crippen LogP contribution >= 0.6 is 0 Å². The fourth-order valence-electron chi connectivity index (χ4n) is 2.44. The number of hydrogen-bond acceptors (Lipinski definition) is 2. The number of benzene rings is 2. The van der Waals surface area contributed by atoms with E-state index in [1.807, 2.05) is 12.1 Å². The molecule has 0 aliphatic rings. The zero-order valence-corrected chi connectivity index (χ0v) is 11.8. The van der Waals surface area contributed by atoms with Gasteiger partial charge in [-0.05, 0) is 19.9 Å². The summed E-state index contributed by atoms with van der Waals surface area (Å²) < 4.78 is 0. The van der Waals surface area contributed by atoms with Crippen molar-refractivity contribution in [2.75, 3.05) is 0 Å². The van der Waals surface area contributed by atoms with Crippen molar-refractivity contribution < 1.29 is 10.2 Å². The molecule has 2 aromatic carbocycles. The first-order valence-corrected chi connectivity index (χ1v) is 6.67. The number of nitrogens with two attached hydrogens (primary N) is 1. The van der Waals surface area contributed by atoms with Crippen LogP contribution in [-0.2, 0) is 13.1 Å². The Morgan fingerprint density at radius 2 is 1.70 bits per heavy atom. The topological polar surface area (TPSA) is 59.8 Å². The zero-order chi connectivity index (χ0) is 14.5. The van der Waals surface area contributed by atoms with Gasteiger partial charge in [-0.25, -0.2) is 0 Å². The van der Waals surface area contributed by atoms with E-state index >= 15 is 0 Å². The van der Waals surface area contributed by atoms with Gasteiger partial charge >= 0.3 is 0 Å². The monoisotopic (exact) mass is 271 g/mol. The molecule has 0 aliphatic carbocycles. The van der Waals surface area contributed by atoms with Crippen LogP contribution < -0.4 is 5.32 Å². The van der Waals surface area contributed by atoms with E-state index in [1.165, 1.54) is 16.7 Å². The van der Waals surface area contributed by atoms with Gasteiger partial charge in [0.2, 0.25) is 0 Å². The van der Waals surface area contributed by atoms with E-state index < -0.39 is 0 Å². The minimum absolute atomic E-state index is 0.198. The van der Waals surface area contributed by atoms with Crippen molar-refractivity contribution in [3.63, 3.8) is 0 Å². The molecule has 0 aromatic heterocycles. The highest BCUT2D eigenvalue weighted by atomic mass is 16.6. The molecular formula is C16H19N2O2+. The Balaban J connectivity index is 2.01. The first kappa shape index (κ1) is 14.2. The molecule has 0 amide bonds. The van der Waals surface area contributed by atoms with E-state index in [4.69, 9.17) is 0 Å². The number of aryl methyl sites for hydroxylation is 2. The van der Waals surface area contributed by atoms with Crippen molar-refractivity contribution >= 4 is 5.69 Å².